The van der Waals surface area contributed by atoms with E-state index < -0.39 is 15.4 Å². The molecule has 3 atom stereocenters. The van der Waals surface area contributed by atoms with Crippen LogP contribution in [0.1, 0.15) is 69.2 Å². The van der Waals surface area contributed by atoms with Gasteiger partial charge in [0.25, 0.3) is 0 Å². The van der Waals surface area contributed by atoms with Crippen molar-refractivity contribution in [1.29, 1.82) is 0 Å². The van der Waals surface area contributed by atoms with Crippen LogP contribution in [-0.4, -0.2) is 53.5 Å². The molecular weight excluding hydrogens is 472 g/mol. The molecule has 1 aliphatic heterocycles. The van der Waals surface area contributed by atoms with Crippen molar-refractivity contribution in [3.05, 3.63) is 53.6 Å². The van der Waals surface area contributed by atoms with Gasteiger partial charge in [-0.15, -0.1) is 0 Å². The molecule has 2 N–H and O–H groups in total. The molecule has 0 unspecified atom stereocenters. The number of hydrogen-bond donors (Lipinski definition) is 2. The normalized spacial score (nSPS) is 30.5. The van der Waals surface area contributed by atoms with E-state index in [0.717, 1.165) is 50.6 Å². The highest BCUT2D eigenvalue weighted by Crippen LogP contribution is 2.66. The van der Waals surface area contributed by atoms with Crippen LogP contribution >= 0.6 is 0 Å². The summed E-state index contributed by atoms with van der Waals surface area (Å²) in [4.78, 5) is 19.9. The van der Waals surface area contributed by atoms with Gasteiger partial charge in [0.15, 0.2) is 0 Å². The summed E-state index contributed by atoms with van der Waals surface area (Å²) < 4.78 is 29.7. The van der Waals surface area contributed by atoms with Gasteiger partial charge in [0.1, 0.15) is 0 Å². The summed E-state index contributed by atoms with van der Waals surface area (Å²) in [7, 11) is -3.46. The molecular formula is C28H38N4O3S. The lowest BCUT2D eigenvalue weighted by molar-refractivity contribution is -0.122. The summed E-state index contributed by atoms with van der Waals surface area (Å²) in [6.07, 6.45) is 10.2. The van der Waals surface area contributed by atoms with Gasteiger partial charge in [0.2, 0.25) is 15.9 Å². The second kappa shape index (κ2) is 8.42. The van der Waals surface area contributed by atoms with Gasteiger partial charge in [-0.2, -0.15) is 0 Å². The number of fused-ring (bicyclic) bond motifs is 4. The van der Waals surface area contributed by atoms with Crippen LogP contribution in [-0.2, 0) is 33.1 Å². The number of aromatic nitrogens is 2. The number of imidazole rings is 1. The average Bonchev–Trinajstić information content (AvgIpc) is 3.57. The number of sulfonamides is 1. The molecule has 3 fully saturated rings. The fourth-order valence-electron chi connectivity index (χ4n) is 8.32. The molecule has 2 heterocycles. The van der Waals surface area contributed by atoms with Crippen LogP contribution in [0, 0.1) is 16.7 Å². The molecule has 2 saturated carbocycles. The predicted molar refractivity (Wildman–Crippen MR) is 139 cm³/mol. The zero-order chi connectivity index (χ0) is 25.2. The van der Waals surface area contributed by atoms with E-state index in [9.17, 15) is 13.2 Å². The second-order valence-electron chi connectivity index (χ2n) is 12.3. The Balaban J connectivity index is 1.19. The van der Waals surface area contributed by atoms with E-state index in [4.69, 9.17) is 0 Å². The van der Waals surface area contributed by atoms with Gasteiger partial charge in [0, 0.05) is 36.4 Å². The third-order valence-corrected chi connectivity index (χ3v) is 12.7. The number of aromatic amines is 1. The molecule has 4 aliphatic rings. The fourth-order valence-corrected chi connectivity index (χ4v) is 10.6. The Hall–Kier alpha value is -2.19. The summed E-state index contributed by atoms with van der Waals surface area (Å²) in [5.74, 6) is 0.496. The monoisotopic (exact) mass is 510 g/mol. The predicted octanol–water partition coefficient (Wildman–Crippen LogP) is 3.57. The molecule has 1 aromatic carbocycles. The minimum atomic E-state index is -3.46. The first-order valence-corrected chi connectivity index (χ1v) is 15.1. The van der Waals surface area contributed by atoms with Gasteiger partial charge in [-0.1, -0.05) is 38.1 Å². The number of nitrogens with one attached hydrogen (secondary N) is 2. The Labute approximate surface area is 214 Å². The maximum atomic E-state index is 13.9. The molecule has 3 aliphatic carbocycles. The highest BCUT2D eigenvalue weighted by Gasteiger charge is 2.66. The first kappa shape index (κ1) is 24.2. The number of benzene rings is 1. The third kappa shape index (κ3) is 3.66. The molecule has 1 spiro atoms. The molecule has 194 valence electrons. The number of carbonyl (C=O) groups excluding carboxylic acids is 1. The Morgan fingerprint density at radius 3 is 2.67 bits per heavy atom. The summed E-state index contributed by atoms with van der Waals surface area (Å²) >= 11 is 0. The topological polar surface area (TPSA) is 95.2 Å². The van der Waals surface area contributed by atoms with Gasteiger partial charge in [0.05, 0.1) is 18.5 Å². The maximum Gasteiger partial charge on any atom is 0.226 e. The van der Waals surface area contributed by atoms with E-state index >= 15 is 0 Å². The Bertz CT molecular complexity index is 1250. The lowest BCUT2D eigenvalue weighted by Crippen LogP contribution is -2.55. The zero-order valence-corrected chi connectivity index (χ0v) is 22.2. The van der Waals surface area contributed by atoms with Gasteiger partial charge in [-0.25, -0.2) is 17.7 Å². The number of nitrogens with zero attached hydrogens (tertiary/aromatic N) is 2. The minimum absolute atomic E-state index is 0.0656. The highest BCUT2D eigenvalue weighted by atomic mass is 32.2. The van der Waals surface area contributed by atoms with E-state index in [-0.39, 0.29) is 35.0 Å². The number of carbonyl (C=O) groups is 1. The van der Waals surface area contributed by atoms with Crippen LogP contribution < -0.4 is 5.32 Å². The van der Waals surface area contributed by atoms with E-state index in [1.165, 1.54) is 11.1 Å². The highest BCUT2D eigenvalue weighted by molar-refractivity contribution is 7.89. The molecule has 0 radical (unpaired) electrons. The molecule has 8 heteroatoms. The van der Waals surface area contributed by atoms with Crippen molar-refractivity contribution in [2.45, 2.75) is 76.7 Å². The lowest BCUT2D eigenvalue weighted by atomic mass is 9.69. The minimum Gasteiger partial charge on any atom is -0.352 e. The Kier molecular flexibility index (Phi) is 5.65. The van der Waals surface area contributed by atoms with Crippen molar-refractivity contribution in [1.82, 2.24) is 19.6 Å². The first-order chi connectivity index (χ1) is 17.2. The van der Waals surface area contributed by atoms with Crippen LogP contribution in [0.4, 0.5) is 0 Å². The van der Waals surface area contributed by atoms with Crippen LogP contribution in [0.5, 0.6) is 0 Å². The van der Waals surface area contributed by atoms with Crippen molar-refractivity contribution >= 4 is 15.9 Å². The lowest BCUT2D eigenvalue weighted by Gasteiger charge is -2.45. The smallest absolute Gasteiger partial charge is 0.226 e. The summed E-state index contributed by atoms with van der Waals surface area (Å²) in [6.45, 7) is 5.63. The molecule has 1 amide bonds. The Morgan fingerprint density at radius 1 is 1.17 bits per heavy atom. The Morgan fingerprint density at radius 2 is 1.94 bits per heavy atom. The first-order valence-electron chi connectivity index (χ1n) is 13.5. The second-order valence-corrected chi connectivity index (χ2v) is 14.3. The van der Waals surface area contributed by atoms with E-state index in [1.807, 2.05) is 0 Å². The summed E-state index contributed by atoms with van der Waals surface area (Å²) in [5, 5.41) is 3.25. The maximum absolute atomic E-state index is 13.9. The van der Waals surface area contributed by atoms with Crippen LogP contribution in [0.3, 0.4) is 0 Å². The van der Waals surface area contributed by atoms with Crippen molar-refractivity contribution < 1.29 is 13.2 Å². The molecule has 6 rings (SSSR count). The number of piperidine rings is 1. The van der Waals surface area contributed by atoms with Gasteiger partial charge < -0.3 is 10.3 Å². The molecule has 36 heavy (non-hydrogen) atoms. The van der Waals surface area contributed by atoms with E-state index in [2.05, 4.69) is 53.4 Å². The number of amides is 1. The van der Waals surface area contributed by atoms with E-state index in [0.29, 0.717) is 19.0 Å². The average molecular weight is 511 g/mol. The standard InChI is InChI=1S/C28H38N4O3S/c1-26(2)21-8-10-28(26,24(15-21)31-25(33)16-22-17-29-19-30-22)18-36(34,35)32-13-11-27(12-14-32)9-7-20-5-3-4-6-23(20)27/h3-6,17,19,21,24H,7-16,18H2,1-2H3,(H,29,30)(H,31,33)/t21-,24-,28-/m0/s1. The molecule has 1 aromatic heterocycles. The number of hydrogen-bond acceptors (Lipinski definition) is 4. The van der Waals surface area contributed by atoms with Crippen molar-refractivity contribution in [3.63, 3.8) is 0 Å². The zero-order valence-electron chi connectivity index (χ0n) is 21.4. The van der Waals surface area contributed by atoms with Gasteiger partial charge in [-0.3, -0.25) is 4.79 Å². The van der Waals surface area contributed by atoms with Crippen LogP contribution in [0.15, 0.2) is 36.8 Å². The number of rotatable bonds is 6. The van der Waals surface area contributed by atoms with Crippen molar-refractivity contribution in [3.8, 4) is 0 Å². The number of aryl methyl sites for hydroxylation is 1. The molecule has 2 bridgehead atoms. The molecule has 7 nitrogen and oxygen atoms in total. The fraction of sp³-hybridized carbons (Fsp3) is 0.643. The number of H-pyrrole nitrogens is 1. The van der Waals surface area contributed by atoms with E-state index in [1.54, 1.807) is 16.8 Å². The van der Waals surface area contributed by atoms with Crippen LogP contribution in [0.25, 0.3) is 0 Å². The quantitative estimate of drug-likeness (QED) is 0.621. The van der Waals surface area contributed by atoms with Gasteiger partial charge >= 0.3 is 0 Å². The van der Waals surface area contributed by atoms with Crippen molar-refractivity contribution in [2.75, 3.05) is 18.8 Å². The van der Waals surface area contributed by atoms with Gasteiger partial charge in [-0.05, 0) is 72.8 Å². The largest absolute Gasteiger partial charge is 0.352 e. The third-order valence-electron chi connectivity index (χ3n) is 10.6. The molecule has 2 aromatic rings. The SMILES string of the molecule is CC1(C)[C@H]2CC[C@]1(CS(=O)(=O)N1CCC3(CCc4ccccc43)CC1)[C@@H](NC(=O)Cc1cnc[nH]1)C2. The van der Waals surface area contributed by atoms with Crippen molar-refractivity contribution in [2.24, 2.45) is 16.7 Å². The van der Waals surface area contributed by atoms with Crippen LogP contribution in [0.2, 0.25) is 0 Å². The summed E-state index contributed by atoms with van der Waals surface area (Å²) in [5.41, 5.74) is 3.22. The summed E-state index contributed by atoms with van der Waals surface area (Å²) in [6, 6.07) is 8.59. The molecule has 1 saturated heterocycles.